The lowest BCUT2D eigenvalue weighted by Gasteiger charge is -2.37. The second-order valence-corrected chi connectivity index (χ2v) is 6.00. The Morgan fingerprint density at radius 2 is 2.00 bits per heavy atom. The minimum absolute atomic E-state index is 0.259. The van der Waals surface area contributed by atoms with E-state index < -0.39 is 0 Å². The van der Waals surface area contributed by atoms with Crippen molar-refractivity contribution < 1.29 is 4.42 Å². The molecule has 0 saturated heterocycles. The van der Waals surface area contributed by atoms with Crippen LogP contribution >= 0.6 is 12.6 Å². The largest absolute Gasteiger partial charge is 0.422 e. The van der Waals surface area contributed by atoms with Gasteiger partial charge in [-0.3, -0.25) is 0 Å². The van der Waals surface area contributed by atoms with Gasteiger partial charge in [0, 0.05) is 41.5 Å². The lowest BCUT2D eigenvalue weighted by Crippen LogP contribution is -2.34. The molecule has 0 fully saturated rings. The number of rotatable bonds is 1. The molecule has 2 aromatic rings. The number of thiol groups is 1. The second-order valence-electron chi connectivity index (χ2n) is 5.68. The van der Waals surface area contributed by atoms with E-state index in [-0.39, 0.29) is 5.63 Å². The Hall–Kier alpha value is -1.42. The fourth-order valence-electron chi connectivity index (χ4n) is 3.67. The van der Waals surface area contributed by atoms with Gasteiger partial charge < -0.3 is 9.32 Å². The zero-order valence-electron chi connectivity index (χ0n) is 11.3. The van der Waals surface area contributed by atoms with E-state index in [1.54, 1.807) is 6.07 Å². The highest BCUT2D eigenvalue weighted by Crippen LogP contribution is 2.40. The summed E-state index contributed by atoms with van der Waals surface area (Å²) in [7, 11) is 0. The van der Waals surface area contributed by atoms with E-state index in [1.165, 1.54) is 23.2 Å². The van der Waals surface area contributed by atoms with Gasteiger partial charge in [-0.15, -0.1) is 0 Å². The summed E-state index contributed by atoms with van der Waals surface area (Å²) >= 11 is 4.36. The number of nitrogens with zero attached hydrogens (tertiary/aromatic N) is 1. The zero-order chi connectivity index (χ0) is 13.7. The van der Waals surface area contributed by atoms with Crippen molar-refractivity contribution in [2.45, 2.75) is 31.4 Å². The molecule has 0 radical (unpaired) electrons. The molecular weight excluding hydrogens is 270 g/mol. The van der Waals surface area contributed by atoms with Crippen LogP contribution in [0, 0.1) is 0 Å². The number of aryl methyl sites for hydroxylation is 2. The molecule has 0 N–H and O–H groups in total. The normalized spacial score (nSPS) is 17.4. The van der Waals surface area contributed by atoms with Crippen LogP contribution in [0.1, 0.15) is 29.5 Å². The molecule has 3 nitrogen and oxygen atoms in total. The van der Waals surface area contributed by atoms with Crippen molar-refractivity contribution in [3.05, 3.63) is 39.2 Å². The van der Waals surface area contributed by atoms with Gasteiger partial charge in [-0.1, -0.05) is 0 Å². The van der Waals surface area contributed by atoms with Crippen molar-refractivity contribution in [2.24, 2.45) is 0 Å². The zero-order valence-corrected chi connectivity index (χ0v) is 12.2. The molecule has 4 rings (SSSR count). The maximum Gasteiger partial charge on any atom is 0.336 e. The van der Waals surface area contributed by atoms with Gasteiger partial charge in [-0.25, -0.2) is 4.79 Å². The molecule has 3 heterocycles. The summed E-state index contributed by atoms with van der Waals surface area (Å²) in [6, 6.07) is 3.80. The van der Waals surface area contributed by atoms with E-state index >= 15 is 0 Å². The predicted octanol–water partition coefficient (Wildman–Crippen LogP) is 2.92. The van der Waals surface area contributed by atoms with Crippen LogP contribution in [0.3, 0.4) is 0 Å². The number of anilines is 1. The molecule has 0 aliphatic carbocycles. The molecule has 2 aliphatic heterocycles. The Morgan fingerprint density at radius 1 is 1.20 bits per heavy atom. The lowest BCUT2D eigenvalue weighted by atomic mass is 9.89. The highest BCUT2D eigenvalue weighted by Gasteiger charge is 2.27. The summed E-state index contributed by atoms with van der Waals surface area (Å²) < 4.78 is 5.56. The van der Waals surface area contributed by atoms with Gasteiger partial charge in [0.1, 0.15) is 5.58 Å². The van der Waals surface area contributed by atoms with Gasteiger partial charge in [0.05, 0.1) is 0 Å². The van der Waals surface area contributed by atoms with E-state index in [0.717, 1.165) is 48.9 Å². The van der Waals surface area contributed by atoms with Crippen LogP contribution in [0.2, 0.25) is 0 Å². The van der Waals surface area contributed by atoms with Crippen LogP contribution in [-0.2, 0) is 18.6 Å². The van der Waals surface area contributed by atoms with E-state index in [1.807, 2.05) is 0 Å². The molecule has 0 spiro atoms. The molecule has 1 aromatic carbocycles. The van der Waals surface area contributed by atoms with Crippen molar-refractivity contribution in [3.63, 3.8) is 0 Å². The SMILES string of the molecule is O=c1cc(CS)c2cc3c4c(c2o1)CCCN4CCC3. The van der Waals surface area contributed by atoms with Crippen LogP contribution in [0.25, 0.3) is 11.0 Å². The van der Waals surface area contributed by atoms with E-state index in [9.17, 15) is 4.79 Å². The Labute approximate surface area is 123 Å². The Balaban J connectivity index is 2.12. The molecule has 104 valence electrons. The molecule has 4 heteroatoms. The van der Waals surface area contributed by atoms with Gasteiger partial charge in [0.25, 0.3) is 0 Å². The molecule has 0 bridgehead atoms. The predicted molar refractivity (Wildman–Crippen MR) is 84.0 cm³/mol. The van der Waals surface area contributed by atoms with Crippen molar-refractivity contribution in [1.82, 2.24) is 0 Å². The summed E-state index contributed by atoms with van der Waals surface area (Å²) in [6.45, 7) is 2.25. The van der Waals surface area contributed by atoms with Crippen molar-refractivity contribution >= 4 is 29.3 Å². The molecule has 1 aromatic heterocycles. The van der Waals surface area contributed by atoms with Crippen molar-refractivity contribution in [3.8, 4) is 0 Å². The molecule has 0 unspecified atom stereocenters. The number of hydrogen-bond acceptors (Lipinski definition) is 4. The monoisotopic (exact) mass is 287 g/mol. The molecule has 0 saturated carbocycles. The topological polar surface area (TPSA) is 33.5 Å². The molecule has 2 aliphatic rings. The van der Waals surface area contributed by atoms with Crippen LogP contribution < -0.4 is 10.5 Å². The Bertz CT molecular complexity index is 748. The van der Waals surface area contributed by atoms with Gasteiger partial charge >= 0.3 is 5.63 Å². The van der Waals surface area contributed by atoms with Crippen LogP contribution in [0.4, 0.5) is 5.69 Å². The fourth-order valence-corrected chi connectivity index (χ4v) is 3.93. The summed E-state index contributed by atoms with van der Waals surface area (Å²) in [4.78, 5) is 14.2. The smallest absolute Gasteiger partial charge is 0.336 e. The third-order valence-electron chi connectivity index (χ3n) is 4.48. The van der Waals surface area contributed by atoms with Gasteiger partial charge in [0.15, 0.2) is 0 Å². The highest BCUT2D eigenvalue weighted by atomic mass is 32.1. The van der Waals surface area contributed by atoms with Gasteiger partial charge in [-0.2, -0.15) is 12.6 Å². The van der Waals surface area contributed by atoms with Crippen LogP contribution in [0.15, 0.2) is 21.3 Å². The maximum absolute atomic E-state index is 11.8. The van der Waals surface area contributed by atoms with E-state index in [0.29, 0.717) is 5.75 Å². The third-order valence-corrected chi connectivity index (χ3v) is 4.82. The van der Waals surface area contributed by atoms with Crippen LogP contribution in [0.5, 0.6) is 0 Å². The minimum atomic E-state index is -0.259. The first-order valence-corrected chi connectivity index (χ1v) is 7.88. The molecule has 0 atom stereocenters. The quantitative estimate of drug-likeness (QED) is 0.647. The van der Waals surface area contributed by atoms with E-state index in [4.69, 9.17) is 4.42 Å². The number of hydrogen-bond donors (Lipinski definition) is 1. The summed E-state index contributed by atoms with van der Waals surface area (Å²) in [6.07, 6.45) is 4.49. The standard InChI is InChI=1S/C16H17NO2S/c18-14-8-11(9-20)13-7-10-3-1-5-17-6-2-4-12(15(10)17)16(13)19-14/h7-8,20H,1-6,9H2. The number of fused-ring (bicyclic) bond motifs is 2. The first-order valence-electron chi connectivity index (χ1n) is 7.25. The van der Waals surface area contributed by atoms with Crippen molar-refractivity contribution in [1.29, 1.82) is 0 Å². The minimum Gasteiger partial charge on any atom is -0.422 e. The maximum atomic E-state index is 11.8. The first kappa shape index (κ1) is 12.3. The third kappa shape index (κ3) is 1.71. The second kappa shape index (κ2) is 4.55. The average Bonchev–Trinajstić information content (AvgIpc) is 2.48. The summed E-state index contributed by atoms with van der Waals surface area (Å²) in [5, 5.41) is 1.08. The number of benzene rings is 1. The van der Waals surface area contributed by atoms with Crippen LogP contribution in [-0.4, -0.2) is 13.1 Å². The molecule has 0 amide bonds. The highest BCUT2D eigenvalue weighted by molar-refractivity contribution is 7.79. The Morgan fingerprint density at radius 3 is 2.80 bits per heavy atom. The lowest BCUT2D eigenvalue weighted by molar-refractivity contribution is 0.548. The van der Waals surface area contributed by atoms with Gasteiger partial charge in [0.2, 0.25) is 0 Å². The summed E-state index contributed by atoms with van der Waals surface area (Å²) in [5.41, 5.74) is 5.52. The summed E-state index contributed by atoms with van der Waals surface area (Å²) in [5.74, 6) is 0.573. The first-order chi connectivity index (χ1) is 9.78. The van der Waals surface area contributed by atoms with E-state index in [2.05, 4.69) is 23.6 Å². The Kier molecular flexibility index (Phi) is 2.81. The molecule has 20 heavy (non-hydrogen) atoms. The van der Waals surface area contributed by atoms with Gasteiger partial charge in [-0.05, 0) is 42.9 Å². The fraction of sp³-hybridized carbons (Fsp3) is 0.438. The average molecular weight is 287 g/mol. The van der Waals surface area contributed by atoms with Crippen molar-refractivity contribution in [2.75, 3.05) is 18.0 Å². The molecular formula is C16H17NO2S.